The summed E-state index contributed by atoms with van der Waals surface area (Å²) in [6.07, 6.45) is 1.70. The average Bonchev–Trinajstić information content (AvgIpc) is 2.83. The van der Waals surface area contributed by atoms with Crippen molar-refractivity contribution in [2.24, 2.45) is 7.05 Å². The Labute approximate surface area is 131 Å². The normalized spacial score (nSPS) is 10.9. The highest BCUT2D eigenvalue weighted by Crippen LogP contribution is 2.32. The van der Waals surface area contributed by atoms with Gasteiger partial charge in [0.25, 0.3) is 0 Å². The van der Waals surface area contributed by atoms with Gasteiger partial charge in [-0.15, -0.1) is 10.2 Å². The smallest absolute Gasteiger partial charge is 0.195 e. The fourth-order valence-corrected chi connectivity index (χ4v) is 3.04. The second-order valence-corrected chi connectivity index (χ2v) is 6.12. The highest BCUT2D eigenvalue weighted by atomic mass is 79.9. The Morgan fingerprint density at radius 1 is 1.45 bits per heavy atom. The summed E-state index contributed by atoms with van der Waals surface area (Å²) >= 11 is 5.20. The molecular weight excluding hydrogens is 340 g/mol. The van der Waals surface area contributed by atoms with Gasteiger partial charge in [0.2, 0.25) is 0 Å². The number of hydrogen-bond acceptors (Lipinski definition) is 5. The number of halogens is 1. The maximum atomic E-state index is 5.00. The molecule has 0 bridgehead atoms. The van der Waals surface area contributed by atoms with E-state index in [0.29, 0.717) is 0 Å². The lowest BCUT2D eigenvalue weighted by Crippen LogP contribution is -2.18. The van der Waals surface area contributed by atoms with E-state index in [2.05, 4.69) is 49.6 Å². The molecule has 2 rings (SSSR count). The van der Waals surface area contributed by atoms with Crippen LogP contribution in [0.25, 0.3) is 0 Å². The molecule has 0 saturated carbocycles. The molecule has 0 unspecified atom stereocenters. The summed E-state index contributed by atoms with van der Waals surface area (Å²) in [6, 6.07) is 6.33. The summed E-state index contributed by atoms with van der Waals surface area (Å²) < 4.78 is 7.97. The van der Waals surface area contributed by atoms with Crippen LogP contribution in [-0.4, -0.2) is 35.0 Å². The number of benzene rings is 1. The third kappa shape index (κ3) is 4.31. The molecule has 0 aliphatic carbocycles. The van der Waals surface area contributed by atoms with E-state index in [1.807, 2.05) is 11.6 Å². The first-order chi connectivity index (χ1) is 9.70. The van der Waals surface area contributed by atoms with Crippen molar-refractivity contribution in [3.8, 4) is 0 Å². The molecule has 108 valence electrons. The molecule has 1 heterocycles. The summed E-state index contributed by atoms with van der Waals surface area (Å²) in [5, 5.41) is 12.1. The van der Waals surface area contributed by atoms with Gasteiger partial charge < -0.3 is 14.6 Å². The molecule has 0 radical (unpaired) electrons. The van der Waals surface area contributed by atoms with Crippen molar-refractivity contribution < 1.29 is 4.74 Å². The van der Waals surface area contributed by atoms with Gasteiger partial charge in [-0.2, -0.15) is 0 Å². The summed E-state index contributed by atoms with van der Waals surface area (Å²) in [5.74, 6) is 0. The summed E-state index contributed by atoms with van der Waals surface area (Å²) in [4.78, 5) is 1.13. The van der Waals surface area contributed by atoms with E-state index in [1.54, 1.807) is 25.2 Å². The number of aryl methyl sites for hydroxylation is 1. The Hall–Kier alpha value is -0.890. The van der Waals surface area contributed by atoms with Crippen molar-refractivity contribution in [1.82, 2.24) is 20.1 Å². The number of rotatable bonds is 7. The lowest BCUT2D eigenvalue weighted by atomic mass is 10.2. The standard InChI is InChI=1S/C13H17BrN4OS/c1-18-9-16-17-13(18)20-12-4-3-10(7-11(12)14)8-15-5-6-19-2/h3-4,7,9,15H,5-6,8H2,1-2H3. The molecule has 1 aromatic carbocycles. The maximum Gasteiger partial charge on any atom is 0.195 e. The van der Waals surface area contributed by atoms with Crippen LogP contribution < -0.4 is 5.32 Å². The Morgan fingerprint density at radius 2 is 2.30 bits per heavy atom. The minimum absolute atomic E-state index is 0.723. The average molecular weight is 357 g/mol. The second kappa shape index (κ2) is 7.78. The van der Waals surface area contributed by atoms with Crippen molar-refractivity contribution in [3.05, 3.63) is 34.6 Å². The molecule has 1 N–H and O–H groups in total. The lowest BCUT2D eigenvalue weighted by Gasteiger charge is -2.08. The summed E-state index contributed by atoms with van der Waals surface area (Å²) in [6.45, 7) is 2.40. The molecule has 0 amide bonds. The Balaban J connectivity index is 1.97. The fourth-order valence-electron chi connectivity index (χ4n) is 1.61. The van der Waals surface area contributed by atoms with Crippen LogP contribution >= 0.6 is 27.7 Å². The van der Waals surface area contributed by atoms with Crippen LogP contribution in [0.4, 0.5) is 0 Å². The SMILES string of the molecule is COCCNCc1ccc(Sc2nncn2C)c(Br)c1. The number of nitrogens with one attached hydrogen (secondary N) is 1. The van der Waals surface area contributed by atoms with Crippen LogP contribution in [0.3, 0.4) is 0 Å². The second-order valence-electron chi connectivity index (χ2n) is 4.26. The Kier molecular flexibility index (Phi) is 6.03. The highest BCUT2D eigenvalue weighted by molar-refractivity contribution is 9.10. The molecule has 0 spiro atoms. The van der Waals surface area contributed by atoms with Crippen LogP contribution in [0.5, 0.6) is 0 Å². The van der Waals surface area contributed by atoms with Crippen LogP contribution in [-0.2, 0) is 18.3 Å². The molecule has 0 aliphatic rings. The monoisotopic (exact) mass is 356 g/mol. The zero-order chi connectivity index (χ0) is 14.4. The number of methoxy groups -OCH3 is 1. The van der Waals surface area contributed by atoms with Crippen LogP contribution in [0.1, 0.15) is 5.56 Å². The molecule has 0 fully saturated rings. The zero-order valence-corrected chi connectivity index (χ0v) is 13.9. The highest BCUT2D eigenvalue weighted by Gasteiger charge is 2.07. The van der Waals surface area contributed by atoms with Gasteiger partial charge in [0.1, 0.15) is 6.33 Å². The first kappa shape index (κ1) is 15.5. The van der Waals surface area contributed by atoms with Crippen molar-refractivity contribution in [2.45, 2.75) is 16.6 Å². The van der Waals surface area contributed by atoms with Crippen molar-refractivity contribution in [1.29, 1.82) is 0 Å². The van der Waals surface area contributed by atoms with E-state index >= 15 is 0 Å². The topological polar surface area (TPSA) is 52.0 Å². The zero-order valence-electron chi connectivity index (χ0n) is 11.5. The van der Waals surface area contributed by atoms with Gasteiger partial charge in [0.05, 0.1) is 6.61 Å². The summed E-state index contributed by atoms with van der Waals surface area (Å²) in [5.41, 5.74) is 1.23. The lowest BCUT2D eigenvalue weighted by molar-refractivity contribution is 0.199. The molecular formula is C13H17BrN4OS. The van der Waals surface area contributed by atoms with E-state index in [0.717, 1.165) is 34.2 Å². The predicted octanol–water partition coefficient (Wildman–Crippen LogP) is 2.46. The maximum absolute atomic E-state index is 5.00. The van der Waals surface area contributed by atoms with Crippen LogP contribution in [0, 0.1) is 0 Å². The van der Waals surface area contributed by atoms with Gasteiger partial charge in [0, 0.05) is 36.6 Å². The van der Waals surface area contributed by atoms with E-state index in [9.17, 15) is 0 Å². The molecule has 0 aliphatic heterocycles. The molecule has 5 nitrogen and oxygen atoms in total. The molecule has 0 atom stereocenters. The van der Waals surface area contributed by atoms with Gasteiger partial charge in [-0.3, -0.25) is 0 Å². The molecule has 0 saturated heterocycles. The Morgan fingerprint density at radius 3 is 2.95 bits per heavy atom. The third-order valence-electron chi connectivity index (χ3n) is 2.68. The van der Waals surface area contributed by atoms with Gasteiger partial charge in [-0.05, 0) is 45.4 Å². The molecule has 20 heavy (non-hydrogen) atoms. The van der Waals surface area contributed by atoms with Crippen molar-refractivity contribution in [3.63, 3.8) is 0 Å². The number of aromatic nitrogens is 3. The first-order valence-corrected chi connectivity index (χ1v) is 7.81. The predicted molar refractivity (Wildman–Crippen MR) is 82.9 cm³/mol. The quantitative estimate of drug-likeness (QED) is 0.772. The fraction of sp³-hybridized carbons (Fsp3) is 0.385. The summed E-state index contributed by atoms with van der Waals surface area (Å²) in [7, 11) is 3.64. The number of ether oxygens (including phenoxy) is 1. The minimum Gasteiger partial charge on any atom is -0.383 e. The minimum atomic E-state index is 0.723. The van der Waals surface area contributed by atoms with E-state index in [1.165, 1.54) is 5.56 Å². The van der Waals surface area contributed by atoms with Gasteiger partial charge in [-0.25, -0.2) is 0 Å². The van der Waals surface area contributed by atoms with E-state index in [-0.39, 0.29) is 0 Å². The number of nitrogens with zero attached hydrogens (tertiary/aromatic N) is 3. The molecule has 7 heteroatoms. The van der Waals surface area contributed by atoms with E-state index < -0.39 is 0 Å². The molecule has 1 aromatic heterocycles. The van der Waals surface area contributed by atoms with Crippen molar-refractivity contribution >= 4 is 27.7 Å². The third-order valence-corrected chi connectivity index (χ3v) is 4.73. The van der Waals surface area contributed by atoms with Gasteiger partial charge >= 0.3 is 0 Å². The van der Waals surface area contributed by atoms with Gasteiger partial charge in [-0.1, -0.05) is 6.07 Å². The first-order valence-electron chi connectivity index (χ1n) is 6.20. The molecule has 2 aromatic rings. The number of hydrogen-bond donors (Lipinski definition) is 1. The Bertz CT molecular complexity index is 561. The van der Waals surface area contributed by atoms with Crippen LogP contribution in [0.15, 0.2) is 39.1 Å². The van der Waals surface area contributed by atoms with Gasteiger partial charge in [0.15, 0.2) is 5.16 Å². The van der Waals surface area contributed by atoms with Crippen LogP contribution in [0.2, 0.25) is 0 Å². The van der Waals surface area contributed by atoms with E-state index in [4.69, 9.17) is 4.74 Å². The largest absolute Gasteiger partial charge is 0.383 e. The van der Waals surface area contributed by atoms with Crippen molar-refractivity contribution in [2.75, 3.05) is 20.3 Å².